The molecule has 1 atom stereocenters. The number of rotatable bonds is 8. The number of halogens is 1. The van der Waals surface area contributed by atoms with Crippen molar-refractivity contribution in [2.24, 2.45) is 5.73 Å². The third-order valence-corrected chi connectivity index (χ3v) is 3.64. The molecule has 0 radical (unpaired) electrons. The molecule has 2 amide bonds. The van der Waals surface area contributed by atoms with Crippen LogP contribution < -0.4 is 25.8 Å². The highest BCUT2D eigenvalue weighted by Crippen LogP contribution is 2.37. The molecular weight excluding hydrogens is 382 g/mol. The molecule has 152 valence electrons. The highest BCUT2D eigenvalue weighted by atomic mass is 35.5. The molecule has 2 aromatic carbocycles. The van der Waals surface area contributed by atoms with Gasteiger partial charge >= 0.3 is 0 Å². The van der Waals surface area contributed by atoms with Gasteiger partial charge in [0.25, 0.3) is 5.91 Å². The van der Waals surface area contributed by atoms with Crippen LogP contribution in [0.1, 0.15) is 31.1 Å². The van der Waals surface area contributed by atoms with Crippen LogP contribution in [0.15, 0.2) is 42.5 Å². The molecule has 0 aromatic heterocycles. The molecule has 0 aliphatic heterocycles. The average Bonchev–Trinajstić information content (AvgIpc) is 2.65. The number of nitrogens with one attached hydrogen (secondary N) is 2. The Morgan fingerprint density at radius 3 is 1.93 bits per heavy atom. The molecule has 0 bridgehead atoms. The average molecular weight is 408 g/mol. The molecule has 8 heteroatoms. The summed E-state index contributed by atoms with van der Waals surface area (Å²) in [4.78, 5) is 24.5. The van der Waals surface area contributed by atoms with Crippen LogP contribution in [-0.4, -0.2) is 31.1 Å². The van der Waals surface area contributed by atoms with Crippen molar-refractivity contribution < 1.29 is 19.1 Å². The third-order valence-electron chi connectivity index (χ3n) is 3.64. The molecule has 4 N–H and O–H groups in total. The van der Waals surface area contributed by atoms with Gasteiger partial charge in [-0.1, -0.05) is 18.2 Å². The molecule has 0 aliphatic carbocycles. The highest BCUT2D eigenvalue weighted by molar-refractivity contribution is 6.05. The Hall–Kier alpha value is -2.77. The second-order valence-corrected chi connectivity index (χ2v) is 5.81. The fourth-order valence-corrected chi connectivity index (χ4v) is 2.34. The number of benzene rings is 2. The lowest BCUT2D eigenvalue weighted by Crippen LogP contribution is -2.32. The summed E-state index contributed by atoms with van der Waals surface area (Å²) >= 11 is 0. The lowest BCUT2D eigenvalue weighted by atomic mass is 10.2. The molecule has 0 spiro atoms. The summed E-state index contributed by atoms with van der Waals surface area (Å²) in [5.41, 5.74) is 7.03. The van der Waals surface area contributed by atoms with Gasteiger partial charge in [-0.3, -0.25) is 9.59 Å². The maximum atomic E-state index is 12.5. The molecule has 0 fully saturated rings. The van der Waals surface area contributed by atoms with Crippen LogP contribution in [0.25, 0.3) is 0 Å². The standard InChI is InChI=1S/C20H25N3O4.ClH/c1-4-26-17-12-16(23-20(25)14-9-7-6-8-10-14)18(27-5-2)11-15(17)22-19(24)13(3)21;/h6-13H,4-5,21H2,1-3H3,(H,22,24)(H,23,25);1H/t13-;/m0./s1. The van der Waals surface area contributed by atoms with Crippen molar-refractivity contribution in [3.8, 4) is 11.5 Å². The summed E-state index contributed by atoms with van der Waals surface area (Å²) in [5, 5.41) is 5.56. The molecule has 0 unspecified atom stereocenters. The van der Waals surface area contributed by atoms with Gasteiger partial charge in [-0.25, -0.2) is 0 Å². The van der Waals surface area contributed by atoms with E-state index in [0.29, 0.717) is 41.7 Å². The van der Waals surface area contributed by atoms with E-state index in [0.717, 1.165) is 0 Å². The summed E-state index contributed by atoms with van der Waals surface area (Å²) in [6.45, 7) is 6.03. The molecule has 0 saturated carbocycles. The molecule has 0 heterocycles. The second kappa shape index (κ2) is 11.2. The molecular formula is C20H26ClN3O4. The van der Waals surface area contributed by atoms with E-state index in [1.165, 1.54) is 0 Å². The van der Waals surface area contributed by atoms with Crippen LogP contribution in [-0.2, 0) is 4.79 Å². The van der Waals surface area contributed by atoms with Crippen molar-refractivity contribution >= 4 is 35.6 Å². The molecule has 7 nitrogen and oxygen atoms in total. The van der Waals surface area contributed by atoms with Crippen LogP contribution in [0.5, 0.6) is 11.5 Å². The number of anilines is 2. The van der Waals surface area contributed by atoms with Crippen molar-refractivity contribution in [3.63, 3.8) is 0 Å². The van der Waals surface area contributed by atoms with Crippen LogP contribution in [0.3, 0.4) is 0 Å². The minimum atomic E-state index is -0.674. The van der Waals surface area contributed by atoms with Crippen molar-refractivity contribution in [3.05, 3.63) is 48.0 Å². The lowest BCUT2D eigenvalue weighted by molar-refractivity contribution is -0.117. The summed E-state index contributed by atoms with van der Waals surface area (Å²) < 4.78 is 11.3. The highest BCUT2D eigenvalue weighted by Gasteiger charge is 2.18. The second-order valence-electron chi connectivity index (χ2n) is 5.81. The van der Waals surface area contributed by atoms with E-state index in [2.05, 4.69) is 10.6 Å². The fourth-order valence-electron chi connectivity index (χ4n) is 2.34. The first-order valence-electron chi connectivity index (χ1n) is 8.82. The first-order chi connectivity index (χ1) is 13.0. The molecule has 0 saturated heterocycles. The van der Waals surface area contributed by atoms with Gasteiger partial charge in [0, 0.05) is 17.7 Å². The summed E-state index contributed by atoms with van der Waals surface area (Å²) in [6, 6.07) is 11.4. The number of hydrogen-bond acceptors (Lipinski definition) is 5. The Kier molecular flexibility index (Phi) is 9.27. The zero-order valence-electron chi connectivity index (χ0n) is 16.2. The predicted octanol–water partition coefficient (Wildman–Crippen LogP) is 3.44. The normalized spacial score (nSPS) is 11.0. The first kappa shape index (κ1) is 23.3. The zero-order chi connectivity index (χ0) is 19.8. The minimum Gasteiger partial charge on any atom is -0.492 e. The molecule has 28 heavy (non-hydrogen) atoms. The van der Waals surface area contributed by atoms with E-state index in [1.807, 2.05) is 19.9 Å². The predicted molar refractivity (Wildman–Crippen MR) is 113 cm³/mol. The van der Waals surface area contributed by atoms with Gasteiger partial charge in [-0.05, 0) is 32.9 Å². The van der Waals surface area contributed by atoms with E-state index >= 15 is 0 Å². The van der Waals surface area contributed by atoms with Crippen molar-refractivity contribution in [1.29, 1.82) is 0 Å². The van der Waals surface area contributed by atoms with Gasteiger partial charge < -0.3 is 25.8 Å². The minimum absolute atomic E-state index is 0. The van der Waals surface area contributed by atoms with Crippen LogP contribution >= 0.6 is 12.4 Å². The van der Waals surface area contributed by atoms with Gasteiger partial charge in [0.05, 0.1) is 30.6 Å². The maximum Gasteiger partial charge on any atom is 0.255 e. The maximum absolute atomic E-state index is 12.5. The van der Waals surface area contributed by atoms with E-state index < -0.39 is 6.04 Å². The number of carbonyl (C=O) groups excluding carboxylic acids is 2. The molecule has 2 rings (SSSR count). The molecule has 2 aromatic rings. The number of nitrogens with two attached hydrogens (primary N) is 1. The van der Waals surface area contributed by atoms with Gasteiger partial charge in [0.2, 0.25) is 5.91 Å². The SMILES string of the molecule is CCOc1cc(NC(=O)[C@H](C)N)c(OCC)cc1NC(=O)c1ccccc1.Cl. The van der Waals surface area contributed by atoms with Crippen molar-refractivity contribution in [2.45, 2.75) is 26.8 Å². The fraction of sp³-hybridized carbons (Fsp3) is 0.300. The van der Waals surface area contributed by atoms with Gasteiger partial charge in [0.1, 0.15) is 11.5 Å². The zero-order valence-corrected chi connectivity index (χ0v) is 17.0. The third kappa shape index (κ3) is 6.14. The van der Waals surface area contributed by atoms with Crippen LogP contribution in [0.2, 0.25) is 0 Å². The Bertz CT molecular complexity index is 798. The number of ether oxygens (including phenoxy) is 2. The van der Waals surface area contributed by atoms with E-state index in [1.54, 1.807) is 43.3 Å². The summed E-state index contributed by atoms with van der Waals surface area (Å²) in [5.74, 6) is 0.217. The largest absolute Gasteiger partial charge is 0.492 e. The van der Waals surface area contributed by atoms with Gasteiger partial charge in [-0.15, -0.1) is 12.4 Å². The number of carbonyl (C=O) groups is 2. The van der Waals surface area contributed by atoms with Gasteiger partial charge in [0.15, 0.2) is 0 Å². The first-order valence-corrected chi connectivity index (χ1v) is 8.82. The summed E-state index contributed by atoms with van der Waals surface area (Å²) in [6.07, 6.45) is 0. The Morgan fingerprint density at radius 2 is 1.46 bits per heavy atom. The monoisotopic (exact) mass is 407 g/mol. The van der Waals surface area contributed by atoms with E-state index in [9.17, 15) is 9.59 Å². The van der Waals surface area contributed by atoms with E-state index in [4.69, 9.17) is 15.2 Å². The van der Waals surface area contributed by atoms with Crippen LogP contribution in [0.4, 0.5) is 11.4 Å². The van der Waals surface area contributed by atoms with Gasteiger partial charge in [-0.2, -0.15) is 0 Å². The summed E-state index contributed by atoms with van der Waals surface area (Å²) in [7, 11) is 0. The van der Waals surface area contributed by atoms with Crippen molar-refractivity contribution in [1.82, 2.24) is 0 Å². The quantitative estimate of drug-likeness (QED) is 0.622. The Labute approximate surface area is 171 Å². The van der Waals surface area contributed by atoms with E-state index in [-0.39, 0.29) is 24.2 Å². The lowest BCUT2D eigenvalue weighted by Gasteiger charge is -2.18. The Balaban J connectivity index is 0.00000392. The number of hydrogen-bond donors (Lipinski definition) is 3. The molecule has 0 aliphatic rings. The smallest absolute Gasteiger partial charge is 0.255 e. The van der Waals surface area contributed by atoms with Crippen LogP contribution in [0, 0.1) is 0 Å². The topological polar surface area (TPSA) is 103 Å². The van der Waals surface area contributed by atoms with Crippen molar-refractivity contribution in [2.75, 3.05) is 23.8 Å². The number of amides is 2. The Morgan fingerprint density at radius 1 is 0.964 bits per heavy atom.